The lowest BCUT2D eigenvalue weighted by atomic mass is 10.0. The molecule has 0 amide bonds. The molecule has 7 nitrogen and oxygen atoms in total. The monoisotopic (exact) mass is 369 g/mol. The molecule has 0 bridgehead atoms. The second-order valence-corrected chi connectivity index (χ2v) is 7.41. The standard InChI is InChI=1S/C19H39N5O2/c1-20-19(22-8-11-24-10-4-9-23(2)12-13-24)21-7-3-14-26-17-18-5-15-25-16-6-18/h18H,3-17H2,1-2H3,(H2,20,21,22). The smallest absolute Gasteiger partial charge is 0.191 e. The first-order valence-corrected chi connectivity index (χ1v) is 10.3. The Morgan fingerprint density at radius 1 is 1.12 bits per heavy atom. The number of hydrogen-bond donors (Lipinski definition) is 2. The van der Waals surface area contributed by atoms with Gasteiger partial charge < -0.3 is 29.9 Å². The molecule has 0 saturated carbocycles. The van der Waals surface area contributed by atoms with E-state index in [4.69, 9.17) is 9.47 Å². The Morgan fingerprint density at radius 2 is 1.92 bits per heavy atom. The van der Waals surface area contributed by atoms with Crippen LogP contribution in [0.15, 0.2) is 4.99 Å². The van der Waals surface area contributed by atoms with Crippen LogP contribution in [-0.4, -0.2) is 102 Å². The zero-order chi connectivity index (χ0) is 18.5. The molecule has 2 heterocycles. The summed E-state index contributed by atoms with van der Waals surface area (Å²) in [6.07, 6.45) is 4.55. The maximum Gasteiger partial charge on any atom is 0.191 e. The van der Waals surface area contributed by atoms with Gasteiger partial charge in [-0.1, -0.05) is 0 Å². The topological polar surface area (TPSA) is 61.4 Å². The van der Waals surface area contributed by atoms with Crippen LogP contribution in [0.2, 0.25) is 0 Å². The molecule has 26 heavy (non-hydrogen) atoms. The molecular weight excluding hydrogens is 330 g/mol. The molecule has 0 aromatic carbocycles. The summed E-state index contributed by atoms with van der Waals surface area (Å²) in [5, 5.41) is 6.80. The lowest BCUT2D eigenvalue weighted by molar-refractivity contribution is 0.0203. The van der Waals surface area contributed by atoms with Gasteiger partial charge in [-0.25, -0.2) is 0 Å². The van der Waals surface area contributed by atoms with Crippen molar-refractivity contribution in [3.8, 4) is 0 Å². The minimum atomic E-state index is 0.685. The van der Waals surface area contributed by atoms with Gasteiger partial charge in [0.05, 0.1) is 0 Å². The maximum atomic E-state index is 5.80. The fraction of sp³-hybridized carbons (Fsp3) is 0.947. The Balaban J connectivity index is 1.45. The molecule has 152 valence electrons. The van der Waals surface area contributed by atoms with Crippen LogP contribution >= 0.6 is 0 Å². The number of rotatable bonds is 9. The van der Waals surface area contributed by atoms with E-state index in [1.165, 1.54) is 26.1 Å². The second-order valence-electron chi connectivity index (χ2n) is 7.41. The third kappa shape index (κ3) is 9.16. The minimum Gasteiger partial charge on any atom is -0.381 e. The van der Waals surface area contributed by atoms with Gasteiger partial charge in [-0.3, -0.25) is 4.99 Å². The summed E-state index contributed by atoms with van der Waals surface area (Å²) in [5.74, 6) is 1.58. The van der Waals surface area contributed by atoms with Crippen molar-refractivity contribution in [3.63, 3.8) is 0 Å². The third-order valence-electron chi connectivity index (χ3n) is 5.21. The van der Waals surface area contributed by atoms with Crippen molar-refractivity contribution < 1.29 is 9.47 Å². The molecule has 2 saturated heterocycles. The highest BCUT2D eigenvalue weighted by atomic mass is 16.5. The summed E-state index contributed by atoms with van der Waals surface area (Å²) in [5.41, 5.74) is 0. The third-order valence-corrected chi connectivity index (χ3v) is 5.21. The van der Waals surface area contributed by atoms with Crippen LogP contribution in [0.4, 0.5) is 0 Å². The van der Waals surface area contributed by atoms with Crippen LogP contribution in [0, 0.1) is 5.92 Å². The summed E-state index contributed by atoms with van der Waals surface area (Å²) in [6.45, 7) is 11.1. The van der Waals surface area contributed by atoms with Crippen molar-refractivity contribution in [3.05, 3.63) is 0 Å². The van der Waals surface area contributed by atoms with E-state index in [-0.39, 0.29) is 0 Å². The number of guanidine groups is 1. The van der Waals surface area contributed by atoms with E-state index < -0.39 is 0 Å². The Morgan fingerprint density at radius 3 is 2.73 bits per heavy atom. The number of nitrogens with zero attached hydrogens (tertiary/aromatic N) is 3. The summed E-state index contributed by atoms with van der Waals surface area (Å²) < 4.78 is 11.2. The van der Waals surface area contributed by atoms with Crippen molar-refractivity contribution in [2.45, 2.75) is 25.7 Å². The average molecular weight is 370 g/mol. The van der Waals surface area contributed by atoms with Crippen LogP contribution in [0.25, 0.3) is 0 Å². The van der Waals surface area contributed by atoms with E-state index in [9.17, 15) is 0 Å². The Hall–Kier alpha value is -0.890. The van der Waals surface area contributed by atoms with Crippen molar-refractivity contribution in [2.75, 3.05) is 86.3 Å². The molecule has 7 heteroatoms. The molecular formula is C19H39N5O2. The molecule has 2 fully saturated rings. The number of likely N-dealkylation sites (N-methyl/N-ethyl adjacent to an activating group) is 1. The first-order valence-electron chi connectivity index (χ1n) is 10.3. The number of ether oxygens (including phenoxy) is 2. The van der Waals surface area contributed by atoms with Crippen LogP contribution in [0.3, 0.4) is 0 Å². The lowest BCUT2D eigenvalue weighted by Crippen LogP contribution is -2.42. The zero-order valence-corrected chi connectivity index (χ0v) is 16.8. The molecule has 0 unspecified atom stereocenters. The Bertz CT molecular complexity index is 388. The number of nitrogens with one attached hydrogen (secondary N) is 2. The van der Waals surface area contributed by atoms with E-state index in [0.717, 1.165) is 77.8 Å². The van der Waals surface area contributed by atoms with E-state index in [1.54, 1.807) is 0 Å². The summed E-state index contributed by atoms with van der Waals surface area (Å²) in [7, 11) is 4.04. The molecule has 0 atom stereocenters. The van der Waals surface area contributed by atoms with E-state index in [2.05, 4.69) is 32.5 Å². The van der Waals surface area contributed by atoms with E-state index >= 15 is 0 Å². The van der Waals surface area contributed by atoms with Crippen molar-refractivity contribution in [2.24, 2.45) is 10.9 Å². The predicted molar refractivity (Wildman–Crippen MR) is 107 cm³/mol. The summed E-state index contributed by atoms with van der Waals surface area (Å²) in [4.78, 5) is 9.26. The van der Waals surface area contributed by atoms with Gasteiger partial charge in [-0.2, -0.15) is 0 Å². The Kier molecular flexibility index (Phi) is 11.0. The maximum absolute atomic E-state index is 5.80. The normalized spacial score (nSPS) is 21.5. The molecule has 0 aromatic rings. The molecule has 2 aliphatic rings. The quantitative estimate of drug-likeness (QED) is 0.353. The van der Waals surface area contributed by atoms with Crippen LogP contribution < -0.4 is 10.6 Å². The molecule has 2 rings (SSSR count). The van der Waals surface area contributed by atoms with Crippen LogP contribution in [0.5, 0.6) is 0 Å². The first kappa shape index (κ1) is 21.4. The average Bonchev–Trinajstić information content (AvgIpc) is 2.88. The van der Waals surface area contributed by atoms with Gasteiger partial charge in [0.15, 0.2) is 5.96 Å². The second kappa shape index (κ2) is 13.3. The number of aliphatic imine (C=N–C) groups is 1. The molecule has 2 aliphatic heterocycles. The van der Waals surface area contributed by atoms with Gasteiger partial charge in [0.25, 0.3) is 0 Å². The minimum absolute atomic E-state index is 0.685. The highest BCUT2D eigenvalue weighted by molar-refractivity contribution is 5.79. The van der Waals surface area contributed by atoms with E-state index in [0.29, 0.717) is 5.92 Å². The number of hydrogen-bond acceptors (Lipinski definition) is 5. The van der Waals surface area contributed by atoms with Crippen LogP contribution in [0.1, 0.15) is 25.7 Å². The van der Waals surface area contributed by atoms with Crippen molar-refractivity contribution in [1.82, 2.24) is 20.4 Å². The van der Waals surface area contributed by atoms with Gasteiger partial charge in [-0.05, 0) is 51.7 Å². The highest BCUT2D eigenvalue weighted by Gasteiger charge is 2.13. The molecule has 0 aliphatic carbocycles. The van der Waals surface area contributed by atoms with Gasteiger partial charge in [0, 0.05) is 66.2 Å². The van der Waals surface area contributed by atoms with Crippen LogP contribution in [-0.2, 0) is 9.47 Å². The fourth-order valence-corrected chi connectivity index (χ4v) is 3.42. The lowest BCUT2D eigenvalue weighted by Gasteiger charge is -2.22. The molecule has 0 aromatic heterocycles. The molecule has 0 spiro atoms. The highest BCUT2D eigenvalue weighted by Crippen LogP contribution is 2.14. The molecule has 0 radical (unpaired) electrons. The Labute approximate surface area is 159 Å². The largest absolute Gasteiger partial charge is 0.381 e. The van der Waals surface area contributed by atoms with Gasteiger partial charge in [0.2, 0.25) is 0 Å². The molecule has 2 N–H and O–H groups in total. The van der Waals surface area contributed by atoms with Gasteiger partial charge >= 0.3 is 0 Å². The fourth-order valence-electron chi connectivity index (χ4n) is 3.42. The predicted octanol–water partition coefficient (Wildman–Crippen LogP) is 0.622. The first-order chi connectivity index (χ1) is 12.8. The zero-order valence-electron chi connectivity index (χ0n) is 16.8. The SMILES string of the molecule is CN=C(NCCCOCC1CCOCC1)NCCN1CCCN(C)CC1. The van der Waals surface area contributed by atoms with Crippen molar-refractivity contribution >= 4 is 5.96 Å². The van der Waals surface area contributed by atoms with E-state index in [1.807, 2.05) is 7.05 Å². The van der Waals surface area contributed by atoms with Crippen molar-refractivity contribution in [1.29, 1.82) is 0 Å². The summed E-state index contributed by atoms with van der Waals surface area (Å²) in [6, 6.07) is 0. The summed E-state index contributed by atoms with van der Waals surface area (Å²) >= 11 is 0. The van der Waals surface area contributed by atoms with Gasteiger partial charge in [-0.15, -0.1) is 0 Å². The van der Waals surface area contributed by atoms with Gasteiger partial charge in [0.1, 0.15) is 0 Å².